The summed E-state index contributed by atoms with van der Waals surface area (Å²) in [6.45, 7) is 5.40. The number of aliphatic hydroxyl groups is 1. The molecule has 1 aromatic carbocycles. The van der Waals surface area contributed by atoms with Crippen LogP contribution in [0, 0.1) is 0 Å². The molecule has 0 aliphatic carbocycles. The molecule has 2 aliphatic rings. The van der Waals surface area contributed by atoms with E-state index in [1.165, 1.54) is 4.90 Å². The lowest BCUT2D eigenvalue weighted by Gasteiger charge is -2.29. The number of nitrogens with zero attached hydrogens (tertiary/aromatic N) is 1. The van der Waals surface area contributed by atoms with E-state index in [1.807, 2.05) is 24.3 Å². The van der Waals surface area contributed by atoms with Gasteiger partial charge in [-0.3, -0.25) is 0 Å². The molecule has 0 spiro atoms. The van der Waals surface area contributed by atoms with Crippen LogP contribution >= 0.6 is 0 Å². The van der Waals surface area contributed by atoms with Crippen molar-refractivity contribution in [3.8, 4) is 5.75 Å². The van der Waals surface area contributed by atoms with E-state index in [9.17, 15) is 9.90 Å². The number of hydrogen-bond acceptors (Lipinski definition) is 4. The van der Waals surface area contributed by atoms with Gasteiger partial charge >= 0.3 is 6.09 Å². The van der Waals surface area contributed by atoms with E-state index in [4.69, 9.17) is 9.47 Å². The van der Waals surface area contributed by atoms with Crippen LogP contribution in [0.1, 0.15) is 38.7 Å². The van der Waals surface area contributed by atoms with Crippen molar-refractivity contribution >= 4 is 6.09 Å². The number of carbonyl (C=O) groups is 1. The van der Waals surface area contributed by atoms with Crippen LogP contribution in [0.5, 0.6) is 5.75 Å². The fraction of sp³-hybridized carbons (Fsp3) is 0.533. The van der Waals surface area contributed by atoms with Gasteiger partial charge in [-0.15, -0.1) is 0 Å². The van der Waals surface area contributed by atoms with Gasteiger partial charge in [-0.1, -0.05) is 18.2 Å². The third-order valence-corrected chi connectivity index (χ3v) is 3.57. The average Bonchev–Trinajstić information content (AvgIpc) is 2.81. The first-order valence-electron chi connectivity index (χ1n) is 6.82. The van der Waals surface area contributed by atoms with Gasteiger partial charge in [0, 0.05) is 17.9 Å². The van der Waals surface area contributed by atoms with E-state index in [-0.39, 0.29) is 5.92 Å². The van der Waals surface area contributed by atoms with Crippen LogP contribution < -0.4 is 4.74 Å². The summed E-state index contributed by atoms with van der Waals surface area (Å²) in [6.07, 6.45) is -1.41. The standard InChI is InChI=1S/C15H19NO4/c1-15(2,3)20-14(18)16-12(17)8-10-9-6-4-5-7-11(9)19-13(10)16/h4-7,10,12-13,17H,8H2,1-3H3. The van der Waals surface area contributed by atoms with Crippen LogP contribution in [0.15, 0.2) is 24.3 Å². The minimum atomic E-state index is -0.867. The fourth-order valence-electron chi connectivity index (χ4n) is 2.80. The molecule has 1 N–H and O–H groups in total. The van der Waals surface area contributed by atoms with Crippen LogP contribution in [0.2, 0.25) is 0 Å². The Hall–Kier alpha value is -1.75. The van der Waals surface area contributed by atoms with E-state index in [2.05, 4.69) is 0 Å². The molecule has 0 saturated carbocycles. The second-order valence-electron chi connectivity index (χ2n) is 6.26. The molecule has 0 bridgehead atoms. The van der Waals surface area contributed by atoms with Crippen molar-refractivity contribution in [3.63, 3.8) is 0 Å². The van der Waals surface area contributed by atoms with Crippen molar-refractivity contribution in [3.05, 3.63) is 29.8 Å². The van der Waals surface area contributed by atoms with E-state index >= 15 is 0 Å². The molecule has 3 rings (SSSR count). The maximum atomic E-state index is 12.2. The number of aliphatic hydroxyl groups excluding tert-OH is 1. The number of benzene rings is 1. The molecular formula is C15H19NO4. The van der Waals surface area contributed by atoms with Crippen molar-refractivity contribution < 1.29 is 19.4 Å². The van der Waals surface area contributed by atoms with E-state index < -0.39 is 24.2 Å². The van der Waals surface area contributed by atoms with Crippen molar-refractivity contribution in [2.24, 2.45) is 0 Å². The van der Waals surface area contributed by atoms with Crippen molar-refractivity contribution in [1.82, 2.24) is 4.90 Å². The summed E-state index contributed by atoms with van der Waals surface area (Å²) < 4.78 is 11.2. The highest BCUT2D eigenvalue weighted by Gasteiger charge is 2.51. The van der Waals surface area contributed by atoms with E-state index in [0.29, 0.717) is 6.42 Å². The minimum Gasteiger partial charge on any atom is -0.469 e. The molecule has 20 heavy (non-hydrogen) atoms. The zero-order valence-electron chi connectivity index (χ0n) is 11.9. The molecule has 1 aromatic rings. The molecule has 3 unspecified atom stereocenters. The number of likely N-dealkylation sites (tertiary alicyclic amines) is 1. The number of rotatable bonds is 0. The van der Waals surface area contributed by atoms with Crippen LogP contribution in [0.3, 0.4) is 0 Å². The number of ether oxygens (including phenoxy) is 2. The predicted molar refractivity (Wildman–Crippen MR) is 72.3 cm³/mol. The number of fused-ring (bicyclic) bond motifs is 3. The van der Waals surface area contributed by atoms with Gasteiger partial charge in [0.05, 0.1) is 0 Å². The van der Waals surface area contributed by atoms with Gasteiger partial charge in [-0.25, -0.2) is 9.69 Å². The average molecular weight is 277 g/mol. The Morgan fingerprint density at radius 2 is 2.10 bits per heavy atom. The maximum absolute atomic E-state index is 12.2. The van der Waals surface area contributed by atoms with Gasteiger partial charge in [-0.05, 0) is 26.8 Å². The largest absolute Gasteiger partial charge is 0.469 e. The quantitative estimate of drug-likeness (QED) is 0.791. The molecule has 2 aliphatic heterocycles. The monoisotopic (exact) mass is 277 g/mol. The highest BCUT2D eigenvalue weighted by atomic mass is 16.6. The molecule has 0 aromatic heterocycles. The van der Waals surface area contributed by atoms with Gasteiger partial charge in [0.1, 0.15) is 17.6 Å². The van der Waals surface area contributed by atoms with E-state index in [1.54, 1.807) is 20.8 Å². The Balaban J connectivity index is 1.84. The highest BCUT2D eigenvalue weighted by Crippen LogP contribution is 2.47. The number of hydrogen-bond donors (Lipinski definition) is 1. The first kappa shape index (κ1) is 13.2. The van der Waals surface area contributed by atoms with E-state index in [0.717, 1.165) is 11.3 Å². The van der Waals surface area contributed by atoms with Crippen LogP contribution in [-0.2, 0) is 4.74 Å². The van der Waals surface area contributed by atoms with Gasteiger partial charge in [0.15, 0.2) is 6.23 Å². The Labute approximate surface area is 118 Å². The molecule has 108 valence electrons. The number of amides is 1. The first-order chi connectivity index (χ1) is 9.37. The molecule has 1 amide bonds. The number of para-hydroxylation sites is 1. The summed E-state index contributed by atoms with van der Waals surface area (Å²) in [5, 5.41) is 10.1. The Morgan fingerprint density at radius 1 is 1.40 bits per heavy atom. The normalized spacial score (nSPS) is 27.8. The topological polar surface area (TPSA) is 59.0 Å². The smallest absolute Gasteiger partial charge is 0.415 e. The zero-order chi connectivity index (χ0) is 14.5. The molecule has 1 fully saturated rings. The lowest BCUT2D eigenvalue weighted by molar-refractivity contribution is -0.0551. The Bertz CT molecular complexity index is 537. The molecule has 2 heterocycles. The number of carbonyl (C=O) groups excluding carboxylic acids is 1. The lowest BCUT2D eigenvalue weighted by atomic mass is 9.98. The van der Waals surface area contributed by atoms with Crippen LogP contribution in [0.25, 0.3) is 0 Å². The molecule has 3 atom stereocenters. The Morgan fingerprint density at radius 3 is 2.80 bits per heavy atom. The third kappa shape index (κ3) is 2.12. The van der Waals surface area contributed by atoms with Gasteiger partial charge in [0.2, 0.25) is 0 Å². The highest BCUT2D eigenvalue weighted by molar-refractivity contribution is 5.70. The fourth-order valence-corrected chi connectivity index (χ4v) is 2.80. The molecule has 5 heteroatoms. The summed E-state index contributed by atoms with van der Waals surface area (Å²) in [7, 11) is 0. The summed E-state index contributed by atoms with van der Waals surface area (Å²) >= 11 is 0. The zero-order valence-corrected chi connectivity index (χ0v) is 11.9. The SMILES string of the molecule is CC(C)(C)OC(=O)N1C(O)CC2c3ccccc3OC21. The molecule has 0 radical (unpaired) electrons. The van der Waals surface area contributed by atoms with Gasteiger partial charge in [-0.2, -0.15) is 0 Å². The van der Waals surface area contributed by atoms with Gasteiger partial charge in [0.25, 0.3) is 0 Å². The van der Waals surface area contributed by atoms with Crippen LogP contribution in [-0.4, -0.2) is 34.2 Å². The molecule has 1 saturated heterocycles. The van der Waals surface area contributed by atoms with Gasteiger partial charge < -0.3 is 14.6 Å². The van der Waals surface area contributed by atoms with Crippen molar-refractivity contribution in [1.29, 1.82) is 0 Å². The summed E-state index contributed by atoms with van der Waals surface area (Å²) in [4.78, 5) is 13.5. The Kier molecular flexibility index (Phi) is 2.90. The molecular weight excluding hydrogens is 258 g/mol. The van der Waals surface area contributed by atoms with Crippen LogP contribution in [0.4, 0.5) is 4.79 Å². The second-order valence-corrected chi connectivity index (χ2v) is 6.26. The summed E-state index contributed by atoms with van der Waals surface area (Å²) in [5.74, 6) is 0.789. The summed E-state index contributed by atoms with van der Waals surface area (Å²) in [5.41, 5.74) is 0.447. The second kappa shape index (κ2) is 4.38. The van der Waals surface area contributed by atoms with Crippen molar-refractivity contribution in [2.75, 3.05) is 0 Å². The minimum absolute atomic E-state index is 0.00807. The lowest BCUT2D eigenvalue weighted by Crippen LogP contribution is -2.46. The predicted octanol–water partition coefficient (Wildman–Crippen LogP) is 2.45. The first-order valence-corrected chi connectivity index (χ1v) is 6.82. The maximum Gasteiger partial charge on any atom is 0.415 e. The molecule has 5 nitrogen and oxygen atoms in total. The summed E-state index contributed by atoms with van der Waals surface area (Å²) in [6, 6.07) is 7.69. The third-order valence-electron chi connectivity index (χ3n) is 3.57. The van der Waals surface area contributed by atoms with Crippen molar-refractivity contribution in [2.45, 2.75) is 51.2 Å².